The quantitative estimate of drug-likeness (QED) is 0.551. The van der Waals surface area contributed by atoms with Gasteiger partial charge in [0, 0.05) is 49.0 Å². The zero-order valence-corrected chi connectivity index (χ0v) is 18.0. The van der Waals surface area contributed by atoms with Gasteiger partial charge in [0.25, 0.3) is 0 Å². The molecule has 0 radical (unpaired) electrons. The van der Waals surface area contributed by atoms with Crippen molar-refractivity contribution in [1.29, 1.82) is 0 Å². The van der Waals surface area contributed by atoms with E-state index in [0.717, 1.165) is 36.5 Å². The number of rotatable bonds is 5. The average molecular weight is 435 g/mol. The van der Waals surface area contributed by atoms with Crippen LogP contribution in [0, 0.1) is 0 Å². The third-order valence-corrected chi connectivity index (χ3v) is 6.49. The van der Waals surface area contributed by atoms with Gasteiger partial charge in [-0.3, -0.25) is 9.79 Å². The molecule has 6 heteroatoms. The Morgan fingerprint density at radius 1 is 1.37 bits per heavy atom. The number of hydrogen-bond acceptors (Lipinski definition) is 2. The molecular weight excluding hydrogens is 404 g/mol. The number of carbonyl (C=O) groups is 1. The SMILES string of the molecule is CCC(=O)N1CCC(NC(=NC)NCC2(c3cccc(Br)c3)CCCC2)C1. The number of nitrogens with one attached hydrogen (secondary N) is 2. The smallest absolute Gasteiger partial charge is 0.222 e. The van der Waals surface area contributed by atoms with E-state index in [4.69, 9.17) is 0 Å². The Morgan fingerprint density at radius 3 is 2.81 bits per heavy atom. The van der Waals surface area contributed by atoms with Gasteiger partial charge in [0.1, 0.15) is 0 Å². The van der Waals surface area contributed by atoms with Crippen molar-refractivity contribution < 1.29 is 4.79 Å². The van der Waals surface area contributed by atoms with Crippen molar-refractivity contribution in [3.05, 3.63) is 34.3 Å². The third kappa shape index (κ3) is 4.84. The summed E-state index contributed by atoms with van der Waals surface area (Å²) in [6.45, 7) is 4.41. The molecule has 2 aliphatic rings. The minimum atomic E-state index is 0.168. The summed E-state index contributed by atoms with van der Waals surface area (Å²) in [5, 5.41) is 7.09. The van der Waals surface area contributed by atoms with E-state index in [1.807, 2.05) is 18.9 Å². The van der Waals surface area contributed by atoms with Crippen LogP contribution in [-0.2, 0) is 10.2 Å². The Balaban J connectivity index is 1.60. The molecular formula is C21H31BrN4O. The summed E-state index contributed by atoms with van der Waals surface area (Å²) in [5.41, 5.74) is 1.57. The number of guanidine groups is 1. The fourth-order valence-electron chi connectivity index (χ4n) is 4.41. The van der Waals surface area contributed by atoms with Gasteiger partial charge in [-0.05, 0) is 37.0 Å². The molecule has 5 nitrogen and oxygen atoms in total. The summed E-state index contributed by atoms with van der Waals surface area (Å²) in [4.78, 5) is 18.3. The Kier molecular flexibility index (Phi) is 6.79. The second-order valence-electron chi connectivity index (χ2n) is 7.75. The van der Waals surface area contributed by atoms with Crippen molar-refractivity contribution >= 4 is 27.8 Å². The molecule has 1 aromatic carbocycles. The molecule has 3 rings (SSSR count). The standard InChI is InChI=1S/C21H31BrN4O/c1-3-19(27)26-12-9-18(14-26)25-20(23-2)24-15-21(10-4-5-11-21)16-7-6-8-17(22)13-16/h6-8,13,18H,3-5,9-12,14-15H2,1-2H3,(H2,23,24,25). The lowest BCUT2D eigenvalue weighted by molar-refractivity contribution is -0.129. The van der Waals surface area contributed by atoms with Gasteiger partial charge in [0.05, 0.1) is 0 Å². The first-order valence-corrected chi connectivity index (χ1v) is 10.9. The minimum absolute atomic E-state index is 0.168. The number of hydrogen-bond donors (Lipinski definition) is 2. The van der Waals surface area contributed by atoms with E-state index in [9.17, 15) is 4.79 Å². The Bertz CT molecular complexity index is 685. The highest BCUT2D eigenvalue weighted by molar-refractivity contribution is 9.10. The summed E-state index contributed by atoms with van der Waals surface area (Å²) in [7, 11) is 1.82. The normalized spacial score (nSPS) is 22.1. The molecule has 1 aliphatic carbocycles. The maximum absolute atomic E-state index is 11.9. The van der Waals surface area contributed by atoms with Gasteiger partial charge in [0.15, 0.2) is 5.96 Å². The fraction of sp³-hybridized carbons (Fsp3) is 0.619. The summed E-state index contributed by atoms with van der Waals surface area (Å²) >= 11 is 3.62. The number of likely N-dealkylation sites (tertiary alicyclic amines) is 1. The predicted octanol–water partition coefficient (Wildman–Crippen LogP) is 3.44. The molecule has 1 saturated carbocycles. The van der Waals surface area contributed by atoms with Crippen LogP contribution in [0.3, 0.4) is 0 Å². The van der Waals surface area contributed by atoms with Crippen LogP contribution in [0.15, 0.2) is 33.7 Å². The first kappa shape index (κ1) is 20.2. The summed E-state index contributed by atoms with van der Waals surface area (Å²) < 4.78 is 1.14. The van der Waals surface area contributed by atoms with Crippen LogP contribution < -0.4 is 10.6 Å². The Hall–Kier alpha value is -1.56. The molecule has 1 heterocycles. The number of halogens is 1. The second kappa shape index (κ2) is 9.09. The minimum Gasteiger partial charge on any atom is -0.356 e. The lowest BCUT2D eigenvalue weighted by Crippen LogP contribution is -2.48. The molecule has 148 valence electrons. The van der Waals surface area contributed by atoms with E-state index in [0.29, 0.717) is 6.42 Å². The van der Waals surface area contributed by atoms with E-state index in [2.05, 4.69) is 55.8 Å². The summed E-state index contributed by atoms with van der Waals surface area (Å²) in [6.07, 6.45) is 6.51. The molecule has 1 amide bonds. The maximum Gasteiger partial charge on any atom is 0.222 e. The molecule has 0 spiro atoms. The highest BCUT2D eigenvalue weighted by Gasteiger charge is 2.36. The lowest BCUT2D eigenvalue weighted by atomic mass is 9.79. The molecule has 2 fully saturated rings. The van der Waals surface area contributed by atoms with Crippen LogP contribution in [0.25, 0.3) is 0 Å². The number of aliphatic imine (C=N–C) groups is 1. The monoisotopic (exact) mass is 434 g/mol. The van der Waals surface area contributed by atoms with Crippen LogP contribution in [0.4, 0.5) is 0 Å². The van der Waals surface area contributed by atoms with Crippen LogP contribution in [0.1, 0.15) is 51.0 Å². The van der Waals surface area contributed by atoms with Gasteiger partial charge in [-0.25, -0.2) is 0 Å². The molecule has 0 aromatic heterocycles. The van der Waals surface area contributed by atoms with Crippen LogP contribution in [0.2, 0.25) is 0 Å². The molecule has 1 unspecified atom stereocenters. The van der Waals surface area contributed by atoms with Gasteiger partial charge in [0.2, 0.25) is 5.91 Å². The van der Waals surface area contributed by atoms with E-state index in [-0.39, 0.29) is 17.4 Å². The maximum atomic E-state index is 11.9. The van der Waals surface area contributed by atoms with Crippen molar-refractivity contribution in [2.24, 2.45) is 4.99 Å². The van der Waals surface area contributed by atoms with E-state index < -0.39 is 0 Å². The van der Waals surface area contributed by atoms with Gasteiger partial charge < -0.3 is 15.5 Å². The van der Waals surface area contributed by atoms with Crippen molar-refractivity contribution in [1.82, 2.24) is 15.5 Å². The summed E-state index contributed by atoms with van der Waals surface area (Å²) in [5.74, 6) is 1.08. The number of amides is 1. The number of carbonyl (C=O) groups excluding carboxylic acids is 1. The van der Waals surface area contributed by atoms with Crippen LogP contribution in [0.5, 0.6) is 0 Å². The van der Waals surface area contributed by atoms with Crippen molar-refractivity contribution in [2.75, 3.05) is 26.7 Å². The highest BCUT2D eigenvalue weighted by atomic mass is 79.9. The van der Waals surface area contributed by atoms with E-state index in [1.165, 1.54) is 31.2 Å². The van der Waals surface area contributed by atoms with Gasteiger partial charge in [-0.2, -0.15) is 0 Å². The molecule has 0 bridgehead atoms. The van der Waals surface area contributed by atoms with Gasteiger partial charge in [-0.15, -0.1) is 0 Å². The molecule has 2 N–H and O–H groups in total. The zero-order valence-electron chi connectivity index (χ0n) is 16.4. The van der Waals surface area contributed by atoms with Crippen LogP contribution in [-0.4, -0.2) is 49.5 Å². The topological polar surface area (TPSA) is 56.7 Å². The Labute approximate surface area is 171 Å². The first-order chi connectivity index (χ1) is 13.1. The van der Waals surface area contributed by atoms with Gasteiger partial charge in [-0.1, -0.05) is 47.8 Å². The fourth-order valence-corrected chi connectivity index (χ4v) is 4.81. The average Bonchev–Trinajstić information content (AvgIpc) is 3.35. The lowest BCUT2D eigenvalue weighted by Gasteiger charge is -2.31. The van der Waals surface area contributed by atoms with Gasteiger partial charge >= 0.3 is 0 Å². The predicted molar refractivity (Wildman–Crippen MR) is 114 cm³/mol. The number of nitrogens with zero attached hydrogens (tertiary/aromatic N) is 2. The largest absolute Gasteiger partial charge is 0.356 e. The molecule has 1 atom stereocenters. The second-order valence-corrected chi connectivity index (χ2v) is 8.66. The highest BCUT2D eigenvalue weighted by Crippen LogP contribution is 2.41. The van der Waals surface area contributed by atoms with Crippen molar-refractivity contribution in [3.8, 4) is 0 Å². The molecule has 1 aromatic rings. The Morgan fingerprint density at radius 2 is 2.15 bits per heavy atom. The molecule has 1 saturated heterocycles. The number of benzene rings is 1. The summed E-state index contributed by atoms with van der Waals surface area (Å²) in [6, 6.07) is 9.00. The zero-order chi connectivity index (χ0) is 19.3. The first-order valence-electron chi connectivity index (χ1n) is 10.1. The van der Waals surface area contributed by atoms with E-state index in [1.54, 1.807) is 0 Å². The van der Waals surface area contributed by atoms with E-state index >= 15 is 0 Å². The van der Waals surface area contributed by atoms with Crippen molar-refractivity contribution in [3.63, 3.8) is 0 Å². The van der Waals surface area contributed by atoms with Crippen molar-refractivity contribution in [2.45, 2.75) is 56.9 Å². The molecule has 1 aliphatic heterocycles. The third-order valence-electron chi connectivity index (χ3n) is 6.00. The van der Waals surface area contributed by atoms with Crippen LogP contribution >= 0.6 is 15.9 Å². The molecule has 27 heavy (non-hydrogen) atoms.